The third kappa shape index (κ3) is 10.0. The lowest BCUT2D eigenvalue weighted by atomic mass is 9.95. The lowest BCUT2D eigenvalue weighted by Crippen LogP contribution is -2.22. The fourth-order valence-electron chi connectivity index (χ4n) is 3.56. The molecule has 0 bridgehead atoms. The molecule has 4 aromatic rings. The number of nitrogens with one attached hydrogen (secondary N) is 1. The molecular formula is C31H27BrN2O7. The van der Waals surface area contributed by atoms with Crippen molar-refractivity contribution < 1.29 is 33.8 Å². The second-order valence-electron chi connectivity index (χ2n) is 8.54. The number of methoxy groups -OCH3 is 1. The van der Waals surface area contributed by atoms with Crippen molar-refractivity contribution in [1.82, 2.24) is 4.98 Å². The monoisotopic (exact) mass is 618 g/mol. The van der Waals surface area contributed by atoms with Gasteiger partial charge in [0, 0.05) is 21.9 Å². The Bertz CT molecular complexity index is 1450. The van der Waals surface area contributed by atoms with E-state index >= 15 is 0 Å². The molecule has 0 aliphatic carbocycles. The number of carbonyl (C=O) groups excluding carboxylic acids is 3. The molecule has 0 spiro atoms. The number of nitrogens with zero attached hydrogens (tertiary/aromatic N) is 1. The molecule has 41 heavy (non-hydrogen) atoms. The van der Waals surface area contributed by atoms with Crippen molar-refractivity contribution in [3.8, 4) is 0 Å². The Balaban J connectivity index is 0.000000436. The number of ketones is 1. The molecule has 1 amide bonds. The summed E-state index contributed by atoms with van der Waals surface area (Å²) in [5, 5.41) is 10.9. The number of carbonyl (C=O) groups is 4. The molecule has 0 radical (unpaired) electrons. The number of rotatable bonds is 9. The molecule has 10 heteroatoms. The maximum absolute atomic E-state index is 12.9. The fourth-order valence-corrected chi connectivity index (χ4v) is 3.80. The number of aromatic nitrogens is 1. The molecular weight excluding hydrogens is 592 g/mol. The quantitative estimate of drug-likeness (QED) is 0.168. The molecule has 0 saturated heterocycles. The summed E-state index contributed by atoms with van der Waals surface area (Å²) in [5.74, 6) is -2.41. The lowest BCUT2D eigenvalue weighted by molar-refractivity contribution is -0.144. The highest BCUT2D eigenvalue weighted by molar-refractivity contribution is 9.10. The highest BCUT2D eigenvalue weighted by Gasteiger charge is 2.25. The maximum Gasteiger partial charge on any atom is 0.411 e. The van der Waals surface area contributed by atoms with Crippen molar-refractivity contribution in [2.45, 2.75) is 12.3 Å². The summed E-state index contributed by atoms with van der Waals surface area (Å²) in [7, 11) is 1.26. The summed E-state index contributed by atoms with van der Waals surface area (Å²) in [4.78, 5) is 51.2. The van der Waals surface area contributed by atoms with Gasteiger partial charge in [-0.25, -0.2) is 9.59 Å². The molecule has 3 aromatic carbocycles. The number of anilines is 1. The van der Waals surface area contributed by atoms with Crippen LogP contribution in [0.25, 0.3) is 0 Å². The molecule has 9 nitrogen and oxygen atoms in total. The number of carboxylic acid groups (broad SMARTS) is 1. The van der Waals surface area contributed by atoms with Gasteiger partial charge in [-0.2, -0.15) is 0 Å². The Hall–Kier alpha value is -4.83. The standard InChI is InChI=1S/C24H21BrN2O5.C7H6O2/c1-31-24(30)27-19-10-7-17(8-11-19)22(28)15-32-23(29)20(13-16-5-3-2-4-6-16)21-12-9-18(25)14-26-21;8-7(9)6-4-2-1-3-5-6/h2-12,14,20H,13,15H2,1H3,(H,27,30);1-5H,(H,8,9). The molecule has 1 heterocycles. The van der Waals surface area contributed by atoms with Crippen LogP contribution < -0.4 is 5.32 Å². The van der Waals surface area contributed by atoms with Gasteiger partial charge in [-0.05, 0) is 76.4 Å². The third-order valence-corrected chi connectivity index (χ3v) is 6.15. The second kappa shape index (κ2) is 15.7. The summed E-state index contributed by atoms with van der Waals surface area (Å²) >= 11 is 3.34. The number of carboxylic acids is 1. The van der Waals surface area contributed by atoms with Gasteiger partial charge in [0.25, 0.3) is 0 Å². The molecule has 4 rings (SSSR count). The van der Waals surface area contributed by atoms with Crippen molar-refractivity contribution in [3.05, 3.63) is 130 Å². The van der Waals surface area contributed by atoms with Crippen molar-refractivity contribution in [3.63, 3.8) is 0 Å². The van der Waals surface area contributed by atoms with Gasteiger partial charge in [0.2, 0.25) is 0 Å². The Morgan fingerprint density at radius 3 is 2.02 bits per heavy atom. The van der Waals surface area contributed by atoms with Gasteiger partial charge in [0.1, 0.15) is 5.92 Å². The van der Waals surface area contributed by atoms with Gasteiger partial charge in [-0.1, -0.05) is 48.5 Å². The molecule has 1 atom stereocenters. The van der Waals surface area contributed by atoms with E-state index < -0.39 is 30.6 Å². The van der Waals surface area contributed by atoms with Gasteiger partial charge in [0.15, 0.2) is 12.4 Å². The molecule has 1 unspecified atom stereocenters. The van der Waals surface area contributed by atoms with Gasteiger partial charge < -0.3 is 14.6 Å². The first kappa shape index (κ1) is 30.7. The summed E-state index contributed by atoms with van der Waals surface area (Å²) in [6, 6.07) is 27.6. The van der Waals surface area contributed by atoms with E-state index in [1.54, 1.807) is 66.9 Å². The molecule has 0 aliphatic heterocycles. The van der Waals surface area contributed by atoms with E-state index in [0.717, 1.165) is 10.0 Å². The fraction of sp³-hybridized carbons (Fsp3) is 0.129. The van der Waals surface area contributed by atoms with E-state index in [1.165, 1.54) is 7.11 Å². The Morgan fingerprint density at radius 2 is 1.49 bits per heavy atom. The Kier molecular flexibility index (Phi) is 11.7. The first-order valence-electron chi connectivity index (χ1n) is 12.4. The molecule has 0 fully saturated rings. The van der Waals surface area contributed by atoms with Crippen LogP contribution in [0.1, 0.15) is 37.9 Å². The van der Waals surface area contributed by atoms with Crippen LogP contribution in [0.4, 0.5) is 10.5 Å². The highest BCUT2D eigenvalue weighted by Crippen LogP contribution is 2.23. The SMILES string of the molecule is COC(=O)Nc1ccc(C(=O)COC(=O)C(Cc2ccccc2)c2ccc(Br)cn2)cc1.O=C(O)c1ccccc1. The molecule has 0 saturated carbocycles. The summed E-state index contributed by atoms with van der Waals surface area (Å²) < 4.78 is 10.7. The second-order valence-corrected chi connectivity index (χ2v) is 9.46. The average molecular weight is 619 g/mol. The van der Waals surface area contributed by atoms with Crippen LogP contribution in [-0.4, -0.2) is 47.6 Å². The van der Waals surface area contributed by atoms with Gasteiger partial charge >= 0.3 is 18.0 Å². The number of halogens is 1. The maximum atomic E-state index is 12.9. The van der Waals surface area contributed by atoms with Crippen LogP contribution in [-0.2, 0) is 20.7 Å². The Labute approximate surface area is 245 Å². The number of Topliss-reactive ketones (excluding diaryl/α,β-unsaturated/α-hetero) is 1. The number of aromatic carboxylic acids is 1. The molecule has 2 N–H and O–H groups in total. The minimum Gasteiger partial charge on any atom is -0.478 e. The molecule has 1 aromatic heterocycles. The van der Waals surface area contributed by atoms with Crippen LogP contribution in [0.3, 0.4) is 0 Å². The minimum atomic E-state index is -0.879. The van der Waals surface area contributed by atoms with Gasteiger partial charge in [-0.15, -0.1) is 0 Å². The lowest BCUT2D eigenvalue weighted by Gasteiger charge is -2.16. The number of esters is 1. The van der Waals surface area contributed by atoms with Crippen LogP contribution in [0.2, 0.25) is 0 Å². The van der Waals surface area contributed by atoms with Crippen molar-refractivity contribution in [2.75, 3.05) is 19.0 Å². The number of ether oxygens (including phenoxy) is 2. The smallest absolute Gasteiger partial charge is 0.411 e. The first-order chi connectivity index (χ1) is 19.8. The number of benzene rings is 3. The normalized spacial score (nSPS) is 10.8. The molecule has 210 valence electrons. The number of pyridine rings is 1. The van der Waals surface area contributed by atoms with Gasteiger partial charge in [-0.3, -0.25) is 19.9 Å². The third-order valence-electron chi connectivity index (χ3n) is 5.68. The highest BCUT2D eigenvalue weighted by atomic mass is 79.9. The predicted octanol–water partition coefficient (Wildman–Crippen LogP) is 6.16. The largest absolute Gasteiger partial charge is 0.478 e. The number of hydrogen-bond acceptors (Lipinski definition) is 7. The summed E-state index contributed by atoms with van der Waals surface area (Å²) in [5.41, 5.74) is 2.69. The van der Waals surface area contributed by atoms with E-state index in [9.17, 15) is 19.2 Å². The summed E-state index contributed by atoms with van der Waals surface area (Å²) in [6.07, 6.45) is 1.41. The van der Waals surface area contributed by atoms with E-state index in [-0.39, 0.29) is 5.78 Å². The number of amides is 1. The first-order valence-corrected chi connectivity index (χ1v) is 13.1. The van der Waals surface area contributed by atoms with E-state index in [4.69, 9.17) is 9.84 Å². The van der Waals surface area contributed by atoms with Crippen molar-refractivity contribution in [2.24, 2.45) is 0 Å². The average Bonchev–Trinajstić information content (AvgIpc) is 3.00. The predicted molar refractivity (Wildman–Crippen MR) is 156 cm³/mol. The molecule has 0 aliphatic rings. The zero-order valence-electron chi connectivity index (χ0n) is 22.0. The van der Waals surface area contributed by atoms with Gasteiger partial charge in [0.05, 0.1) is 18.4 Å². The van der Waals surface area contributed by atoms with Crippen LogP contribution in [0, 0.1) is 0 Å². The number of hydrogen-bond donors (Lipinski definition) is 2. The van der Waals surface area contributed by atoms with E-state index in [0.29, 0.717) is 28.9 Å². The van der Waals surface area contributed by atoms with Crippen molar-refractivity contribution >= 4 is 45.4 Å². The van der Waals surface area contributed by atoms with Crippen LogP contribution >= 0.6 is 15.9 Å². The Morgan fingerprint density at radius 1 is 0.854 bits per heavy atom. The zero-order chi connectivity index (χ0) is 29.6. The van der Waals surface area contributed by atoms with E-state index in [1.807, 2.05) is 36.4 Å². The minimum absolute atomic E-state index is 0.331. The summed E-state index contributed by atoms with van der Waals surface area (Å²) in [6.45, 7) is -0.398. The zero-order valence-corrected chi connectivity index (χ0v) is 23.6. The van der Waals surface area contributed by atoms with E-state index in [2.05, 4.69) is 31.0 Å². The van der Waals surface area contributed by atoms with Crippen LogP contribution in [0.15, 0.2) is 108 Å². The van der Waals surface area contributed by atoms with Crippen molar-refractivity contribution in [1.29, 1.82) is 0 Å². The van der Waals surface area contributed by atoms with Crippen LogP contribution in [0.5, 0.6) is 0 Å². The topological polar surface area (TPSA) is 132 Å².